The van der Waals surface area contributed by atoms with Gasteiger partial charge < -0.3 is 15.5 Å². The van der Waals surface area contributed by atoms with Crippen molar-refractivity contribution in [1.82, 2.24) is 15.5 Å². The van der Waals surface area contributed by atoms with Crippen LogP contribution in [0.4, 0.5) is 0 Å². The lowest BCUT2D eigenvalue weighted by Crippen LogP contribution is -2.44. The zero-order chi connectivity index (χ0) is 15.2. The molecule has 120 valence electrons. The van der Waals surface area contributed by atoms with E-state index < -0.39 is 0 Å². The van der Waals surface area contributed by atoms with E-state index in [0.717, 1.165) is 57.9 Å². The number of nitrogens with one attached hydrogen (secondary N) is 2. The Morgan fingerprint density at radius 2 is 2.14 bits per heavy atom. The summed E-state index contributed by atoms with van der Waals surface area (Å²) in [6.07, 6.45) is 2.11. The van der Waals surface area contributed by atoms with E-state index in [0.29, 0.717) is 0 Å². The fraction of sp³-hybridized carbons (Fsp3) is 0.588. The number of carbonyl (C=O) groups excluding carboxylic acids is 1. The number of amides is 1. The minimum absolute atomic E-state index is 0.0239. The van der Waals surface area contributed by atoms with Gasteiger partial charge in [0.1, 0.15) is 5.25 Å². The Kier molecular flexibility index (Phi) is 5.76. The van der Waals surface area contributed by atoms with Crippen molar-refractivity contribution in [3.05, 3.63) is 35.4 Å². The van der Waals surface area contributed by atoms with Gasteiger partial charge in [-0.05, 0) is 36.3 Å². The fourth-order valence-electron chi connectivity index (χ4n) is 3.15. The van der Waals surface area contributed by atoms with Crippen LogP contribution < -0.4 is 10.6 Å². The summed E-state index contributed by atoms with van der Waals surface area (Å²) in [4.78, 5) is 14.9. The molecule has 1 amide bonds. The molecule has 0 bridgehead atoms. The number of hydrogen-bond acceptors (Lipinski definition) is 4. The molecule has 0 spiro atoms. The predicted octanol–water partition coefficient (Wildman–Crippen LogP) is 1.43. The van der Waals surface area contributed by atoms with Crippen molar-refractivity contribution in [2.45, 2.75) is 18.1 Å². The summed E-state index contributed by atoms with van der Waals surface area (Å²) in [5.41, 5.74) is 2.54. The molecule has 1 atom stereocenters. The predicted molar refractivity (Wildman–Crippen MR) is 92.3 cm³/mol. The lowest BCUT2D eigenvalue weighted by Gasteiger charge is -2.27. The van der Waals surface area contributed by atoms with E-state index in [1.54, 1.807) is 11.8 Å². The lowest BCUT2D eigenvalue weighted by molar-refractivity contribution is -0.120. The Labute approximate surface area is 137 Å². The summed E-state index contributed by atoms with van der Waals surface area (Å²) in [5, 5.41) is 6.47. The number of hydrogen-bond donors (Lipinski definition) is 2. The molecule has 0 radical (unpaired) electrons. The van der Waals surface area contributed by atoms with Crippen molar-refractivity contribution in [1.29, 1.82) is 0 Å². The monoisotopic (exact) mass is 319 g/mol. The van der Waals surface area contributed by atoms with Crippen LogP contribution in [0.2, 0.25) is 0 Å². The van der Waals surface area contributed by atoms with Crippen molar-refractivity contribution < 1.29 is 4.79 Å². The number of fused-ring (bicyclic) bond motifs is 1. The Bertz CT molecular complexity index is 502. The first-order chi connectivity index (χ1) is 10.8. The molecule has 4 nitrogen and oxygen atoms in total. The van der Waals surface area contributed by atoms with E-state index in [1.807, 2.05) is 6.07 Å². The van der Waals surface area contributed by atoms with Crippen LogP contribution >= 0.6 is 11.8 Å². The summed E-state index contributed by atoms with van der Waals surface area (Å²) in [7, 11) is 0. The summed E-state index contributed by atoms with van der Waals surface area (Å²) in [6, 6.07) is 8.36. The fourth-order valence-corrected chi connectivity index (χ4v) is 4.37. The highest BCUT2D eigenvalue weighted by molar-refractivity contribution is 8.00. The van der Waals surface area contributed by atoms with Gasteiger partial charge in [0.2, 0.25) is 5.91 Å². The van der Waals surface area contributed by atoms with Gasteiger partial charge in [-0.15, -0.1) is 11.8 Å². The number of carbonyl (C=O) groups is 1. The van der Waals surface area contributed by atoms with Crippen LogP contribution in [0.3, 0.4) is 0 Å². The maximum atomic E-state index is 12.5. The molecule has 2 heterocycles. The van der Waals surface area contributed by atoms with E-state index in [-0.39, 0.29) is 11.2 Å². The molecule has 1 fully saturated rings. The molecule has 0 aliphatic carbocycles. The second-order valence-corrected chi connectivity index (χ2v) is 7.15. The number of thioether (sulfide) groups is 1. The van der Waals surface area contributed by atoms with Gasteiger partial charge in [-0.1, -0.05) is 24.3 Å². The molecule has 1 saturated heterocycles. The van der Waals surface area contributed by atoms with E-state index in [2.05, 4.69) is 33.7 Å². The molecule has 1 aromatic rings. The van der Waals surface area contributed by atoms with Crippen LogP contribution in [0, 0.1) is 0 Å². The van der Waals surface area contributed by atoms with Gasteiger partial charge in [0.15, 0.2) is 0 Å². The van der Waals surface area contributed by atoms with Crippen LogP contribution in [0.5, 0.6) is 0 Å². The standard InChI is InChI=1S/C17H25N3OS/c21-17(19-7-3-10-20-11-8-18-9-12-20)16-15-5-2-1-4-14(15)6-13-22-16/h1-2,4-5,16,18H,3,6-13H2,(H,19,21). The zero-order valence-corrected chi connectivity index (χ0v) is 13.8. The van der Waals surface area contributed by atoms with Gasteiger partial charge in [0.05, 0.1) is 0 Å². The van der Waals surface area contributed by atoms with Gasteiger partial charge in [-0.25, -0.2) is 0 Å². The Morgan fingerprint density at radius 1 is 1.32 bits per heavy atom. The molecule has 2 aliphatic rings. The number of nitrogens with zero attached hydrogens (tertiary/aromatic N) is 1. The molecule has 2 aliphatic heterocycles. The van der Waals surface area contributed by atoms with E-state index in [4.69, 9.17) is 0 Å². The van der Waals surface area contributed by atoms with Crippen LogP contribution in [0.15, 0.2) is 24.3 Å². The molecule has 3 rings (SSSR count). The maximum absolute atomic E-state index is 12.5. The molecule has 2 N–H and O–H groups in total. The highest BCUT2D eigenvalue weighted by atomic mass is 32.2. The molecule has 5 heteroatoms. The number of benzene rings is 1. The first-order valence-electron chi connectivity index (χ1n) is 8.25. The van der Waals surface area contributed by atoms with Gasteiger partial charge >= 0.3 is 0 Å². The normalized spacial score (nSPS) is 22.1. The second kappa shape index (κ2) is 7.99. The molecule has 1 aromatic carbocycles. The maximum Gasteiger partial charge on any atom is 0.237 e. The first-order valence-corrected chi connectivity index (χ1v) is 9.29. The first kappa shape index (κ1) is 15.8. The van der Waals surface area contributed by atoms with Crippen molar-refractivity contribution in [3.63, 3.8) is 0 Å². The largest absolute Gasteiger partial charge is 0.355 e. The second-order valence-electron chi connectivity index (χ2n) is 5.94. The van der Waals surface area contributed by atoms with E-state index in [1.165, 1.54) is 11.1 Å². The summed E-state index contributed by atoms with van der Waals surface area (Å²) >= 11 is 1.77. The van der Waals surface area contributed by atoms with Gasteiger partial charge in [-0.2, -0.15) is 0 Å². The van der Waals surface area contributed by atoms with Crippen LogP contribution in [0.1, 0.15) is 22.8 Å². The third-order valence-corrected chi connectivity index (χ3v) is 5.63. The van der Waals surface area contributed by atoms with Crippen LogP contribution in [-0.4, -0.2) is 55.8 Å². The minimum atomic E-state index is -0.0239. The average molecular weight is 319 g/mol. The summed E-state index contributed by atoms with van der Waals surface area (Å²) in [5.74, 6) is 1.22. The topological polar surface area (TPSA) is 44.4 Å². The molecule has 0 saturated carbocycles. The molecule has 1 unspecified atom stereocenters. The third-order valence-electron chi connectivity index (χ3n) is 4.39. The Balaban J connectivity index is 1.44. The van der Waals surface area contributed by atoms with Crippen molar-refractivity contribution in [2.75, 3.05) is 45.0 Å². The van der Waals surface area contributed by atoms with Crippen molar-refractivity contribution >= 4 is 17.7 Å². The smallest absolute Gasteiger partial charge is 0.237 e. The average Bonchev–Trinajstić information content (AvgIpc) is 2.59. The van der Waals surface area contributed by atoms with E-state index >= 15 is 0 Å². The van der Waals surface area contributed by atoms with Gasteiger partial charge in [0, 0.05) is 32.7 Å². The number of piperazine rings is 1. The Morgan fingerprint density at radius 3 is 3.00 bits per heavy atom. The third kappa shape index (κ3) is 4.03. The van der Waals surface area contributed by atoms with E-state index in [9.17, 15) is 4.79 Å². The SMILES string of the molecule is O=C(NCCCN1CCNCC1)C1SCCc2ccccc21. The zero-order valence-electron chi connectivity index (χ0n) is 13.0. The highest BCUT2D eigenvalue weighted by Crippen LogP contribution is 2.36. The van der Waals surface area contributed by atoms with Crippen molar-refractivity contribution in [3.8, 4) is 0 Å². The number of rotatable bonds is 5. The Hall–Kier alpha value is -1.04. The van der Waals surface area contributed by atoms with Crippen molar-refractivity contribution in [2.24, 2.45) is 0 Å². The molecular formula is C17H25N3OS. The lowest BCUT2D eigenvalue weighted by atomic mass is 10.0. The van der Waals surface area contributed by atoms with Gasteiger partial charge in [-0.3, -0.25) is 4.79 Å². The molecular weight excluding hydrogens is 294 g/mol. The molecule has 0 aromatic heterocycles. The highest BCUT2D eigenvalue weighted by Gasteiger charge is 2.26. The van der Waals surface area contributed by atoms with Crippen LogP contribution in [-0.2, 0) is 11.2 Å². The minimum Gasteiger partial charge on any atom is -0.355 e. The summed E-state index contributed by atoms with van der Waals surface area (Å²) in [6.45, 7) is 6.28. The summed E-state index contributed by atoms with van der Waals surface area (Å²) < 4.78 is 0. The van der Waals surface area contributed by atoms with Crippen LogP contribution in [0.25, 0.3) is 0 Å². The molecule has 22 heavy (non-hydrogen) atoms. The number of aryl methyl sites for hydroxylation is 1. The van der Waals surface area contributed by atoms with Gasteiger partial charge in [0.25, 0.3) is 0 Å². The quantitative estimate of drug-likeness (QED) is 0.806.